The Hall–Kier alpha value is 0.190. The largest absolute Gasteiger partial charge is 0.307 e. The Morgan fingerprint density at radius 1 is 1.58 bits per heavy atom. The van der Waals surface area contributed by atoms with E-state index in [4.69, 9.17) is 40.6 Å². The van der Waals surface area contributed by atoms with E-state index in [0.717, 1.165) is 0 Å². The van der Waals surface area contributed by atoms with E-state index in [1.807, 2.05) is 0 Å². The Morgan fingerprint density at radius 2 is 2.00 bits per heavy atom. The maximum absolute atomic E-state index is 10.3. The quantitative estimate of drug-likeness (QED) is 0.240. The normalized spacial score (nSPS) is 14.3. The molecule has 0 aromatic heterocycles. The van der Waals surface area contributed by atoms with Crippen LogP contribution in [0.1, 0.15) is 0 Å². The zero-order valence-electron chi connectivity index (χ0n) is 5.97. The molecule has 0 aliphatic heterocycles. The number of nitrogens with zero attached hydrogens (tertiary/aromatic N) is 1. The molecule has 0 aromatic rings. The van der Waals surface area contributed by atoms with Gasteiger partial charge in [-0.3, -0.25) is 16.0 Å². The fraction of sp³-hybridized carbons (Fsp3) is 1.00. The second kappa shape index (κ2) is 5.04. The first-order chi connectivity index (χ1) is 5.54. The molecule has 0 saturated heterocycles. The number of halogens is 3. The molecule has 0 saturated carbocycles. The van der Waals surface area contributed by atoms with Crippen LogP contribution in [0.2, 0.25) is 0 Å². The minimum absolute atomic E-state index is 0.137. The molecule has 0 amide bonds. The van der Waals surface area contributed by atoms with Crippen molar-refractivity contribution >= 4 is 34.8 Å². The van der Waals surface area contributed by atoms with Crippen LogP contribution in [-0.2, 0) is 0 Å². The van der Waals surface area contributed by atoms with Gasteiger partial charge in [0.15, 0.2) is 0 Å². The maximum atomic E-state index is 10.3. The Bertz CT molecular complexity index is 155. The molecule has 3 N–H and O–H groups in total. The molecular formula is C4H8Cl3N3O2. The first kappa shape index (κ1) is 12.2. The van der Waals surface area contributed by atoms with Crippen molar-refractivity contribution in [3.8, 4) is 0 Å². The first-order valence-corrected chi connectivity index (χ1v) is 4.42. The van der Waals surface area contributed by atoms with Crippen molar-refractivity contribution < 1.29 is 4.92 Å². The Morgan fingerprint density at radius 3 is 2.08 bits per heavy atom. The lowest BCUT2D eigenvalue weighted by Crippen LogP contribution is -2.61. The minimum Gasteiger partial charge on any atom is -0.271 e. The van der Waals surface area contributed by atoms with Crippen molar-refractivity contribution in [2.24, 2.45) is 5.84 Å². The van der Waals surface area contributed by atoms with Crippen LogP contribution in [0.25, 0.3) is 0 Å². The number of nitro groups is 1. The highest BCUT2D eigenvalue weighted by Crippen LogP contribution is 2.19. The zero-order valence-corrected chi connectivity index (χ0v) is 8.23. The van der Waals surface area contributed by atoms with Gasteiger partial charge in [0.05, 0.1) is 11.8 Å². The van der Waals surface area contributed by atoms with Gasteiger partial charge in [0, 0.05) is 4.92 Å². The van der Waals surface area contributed by atoms with E-state index in [9.17, 15) is 10.1 Å². The number of rotatable bonds is 5. The summed E-state index contributed by atoms with van der Waals surface area (Å²) in [5.74, 6) is 4.79. The van der Waals surface area contributed by atoms with Crippen molar-refractivity contribution in [2.75, 3.05) is 11.8 Å². The van der Waals surface area contributed by atoms with Gasteiger partial charge in [-0.1, -0.05) is 0 Å². The van der Waals surface area contributed by atoms with E-state index < -0.39 is 16.0 Å². The molecule has 1 unspecified atom stereocenters. The summed E-state index contributed by atoms with van der Waals surface area (Å²) >= 11 is 16.3. The molecule has 1 atom stereocenters. The number of hydrazine groups is 1. The second-order valence-corrected chi connectivity index (χ2v) is 3.14. The van der Waals surface area contributed by atoms with E-state index in [0.29, 0.717) is 0 Å². The standard InChI is InChI=1S/C4H8Cl3N3O2/c5-1-4(2-6,9-8)3(7)10(11)12/h3,9H,1-2,8H2. The van der Waals surface area contributed by atoms with Crippen molar-refractivity contribution in [3.63, 3.8) is 0 Å². The van der Waals surface area contributed by atoms with E-state index in [1.165, 1.54) is 0 Å². The van der Waals surface area contributed by atoms with Gasteiger partial charge in [0.25, 0.3) is 0 Å². The number of hydrogen-bond donors (Lipinski definition) is 2. The van der Waals surface area contributed by atoms with Crippen LogP contribution >= 0.6 is 34.8 Å². The van der Waals surface area contributed by atoms with Gasteiger partial charge in [0.2, 0.25) is 0 Å². The lowest BCUT2D eigenvalue weighted by atomic mass is 10.1. The average Bonchev–Trinajstić information content (AvgIpc) is 2.08. The van der Waals surface area contributed by atoms with E-state index in [2.05, 4.69) is 5.43 Å². The van der Waals surface area contributed by atoms with Crippen LogP contribution in [0, 0.1) is 10.1 Å². The van der Waals surface area contributed by atoms with Gasteiger partial charge < -0.3 is 0 Å². The third kappa shape index (κ3) is 2.34. The molecule has 0 aliphatic carbocycles. The third-order valence-electron chi connectivity index (χ3n) is 1.41. The van der Waals surface area contributed by atoms with Gasteiger partial charge in [-0.15, -0.1) is 23.2 Å². The minimum atomic E-state index is -1.45. The Kier molecular flexibility index (Phi) is 5.12. The summed E-state index contributed by atoms with van der Waals surface area (Å²) in [7, 11) is 0. The summed E-state index contributed by atoms with van der Waals surface area (Å²) in [5.41, 5.74) is -0.558. The lowest BCUT2D eigenvalue weighted by molar-refractivity contribution is -0.508. The first-order valence-electron chi connectivity index (χ1n) is 2.91. The number of hydrogen-bond acceptors (Lipinski definition) is 4. The fourth-order valence-corrected chi connectivity index (χ4v) is 1.62. The summed E-state index contributed by atoms with van der Waals surface area (Å²) in [6, 6.07) is 0. The highest BCUT2D eigenvalue weighted by Gasteiger charge is 2.44. The number of nitrogens with two attached hydrogens (primary N) is 1. The van der Waals surface area contributed by atoms with Crippen molar-refractivity contribution in [2.45, 2.75) is 11.0 Å². The van der Waals surface area contributed by atoms with Gasteiger partial charge in [0.1, 0.15) is 5.54 Å². The zero-order chi connectivity index (χ0) is 9.78. The predicted molar refractivity (Wildman–Crippen MR) is 48.1 cm³/mol. The average molecular weight is 236 g/mol. The van der Waals surface area contributed by atoms with Crippen molar-refractivity contribution in [1.82, 2.24) is 5.43 Å². The summed E-state index contributed by atoms with van der Waals surface area (Å²) in [4.78, 5) is 9.58. The van der Waals surface area contributed by atoms with Crippen LogP contribution in [0.15, 0.2) is 0 Å². The molecule has 0 fully saturated rings. The topological polar surface area (TPSA) is 81.2 Å². The van der Waals surface area contributed by atoms with Crippen molar-refractivity contribution in [1.29, 1.82) is 0 Å². The Labute approximate surface area is 84.3 Å². The predicted octanol–water partition coefficient (Wildman–Crippen LogP) is 0.508. The van der Waals surface area contributed by atoms with Gasteiger partial charge >= 0.3 is 5.50 Å². The van der Waals surface area contributed by atoms with E-state index in [-0.39, 0.29) is 11.8 Å². The third-order valence-corrected chi connectivity index (χ3v) is 2.94. The van der Waals surface area contributed by atoms with E-state index >= 15 is 0 Å². The highest BCUT2D eigenvalue weighted by molar-refractivity contribution is 6.25. The molecular weight excluding hydrogens is 228 g/mol. The maximum Gasteiger partial charge on any atom is 0.307 e. The SMILES string of the molecule is NNC(CCl)(CCl)C(Cl)[N+](=O)[O-]. The highest BCUT2D eigenvalue weighted by atomic mass is 35.5. The molecule has 5 nitrogen and oxygen atoms in total. The molecule has 0 spiro atoms. The molecule has 0 aromatic carbocycles. The fourth-order valence-electron chi connectivity index (χ4n) is 0.511. The summed E-state index contributed by atoms with van der Waals surface area (Å²) in [6.45, 7) is 0. The van der Waals surface area contributed by atoms with Crippen LogP contribution in [0.4, 0.5) is 0 Å². The molecule has 8 heteroatoms. The number of nitrogens with one attached hydrogen (secondary N) is 1. The van der Waals surface area contributed by atoms with Crippen LogP contribution in [-0.4, -0.2) is 27.7 Å². The van der Waals surface area contributed by atoms with Crippen molar-refractivity contribution in [3.05, 3.63) is 10.1 Å². The summed E-state index contributed by atoms with van der Waals surface area (Å²) < 4.78 is 0. The lowest BCUT2D eigenvalue weighted by Gasteiger charge is -2.27. The smallest absolute Gasteiger partial charge is 0.271 e. The monoisotopic (exact) mass is 235 g/mol. The summed E-state index contributed by atoms with van der Waals surface area (Å²) in [6.07, 6.45) is 0. The molecule has 0 bridgehead atoms. The molecule has 0 aliphatic rings. The van der Waals surface area contributed by atoms with Crippen LogP contribution in [0.5, 0.6) is 0 Å². The van der Waals surface area contributed by atoms with Gasteiger partial charge in [-0.2, -0.15) is 0 Å². The molecule has 72 valence electrons. The molecule has 12 heavy (non-hydrogen) atoms. The molecule has 0 heterocycles. The van der Waals surface area contributed by atoms with Crippen LogP contribution in [0.3, 0.4) is 0 Å². The van der Waals surface area contributed by atoms with Gasteiger partial charge in [-0.25, -0.2) is 5.43 Å². The van der Waals surface area contributed by atoms with Gasteiger partial charge in [-0.05, 0) is 11.6 Å². The summed E-state index contributed by atoms with van der Waals surface area (Å²) in [5, 5.41) is 10.3. The van der Waals surface area contributed by atoms with Crippen LogP contribution < -0.4 is 11.3 Å². The second-order valence-electron chi connectivity index (χ2n) is 2.19. The molecule has 0 rings (SSSR count). The van der Waals surface area contributed by atoms with E-state index in [1.54, 1.807) is 0 Å². The molecule has 0 radical (unpaired) electrons. The number of alkyl halides is 3. The Balaban J connectivity index is 4.58.